The van der Waals surface area contributed by atoms with E-state index in [0.29, 0.717) is 6.42 Å². The number of amides is 1. The van der Waals surface area contributed by atoms with Crippen LogP contribution in [0.3, 0.4) is 0 Å². The van der Waals surface area contributed by atoms with Crippen molar-refractivity contribution in [1.82, 2.24) is 10.3 Å². The Bertz CT molecular complexity index is 412. The Morgan fingerprint density at radius 3 is 2.81 bits per heavy atom. The minimum absolute atomic E-state index is 0.114. The zero-order valence-corrected chi connectivity index (χ0v) is 8.80. The molecule has 0 aromatic carbocycles. The van der Waals surface area contributed by atoms with Crippen molar-refractivity contribution in [2.75, 3.05) is 0 Å². The van der Waals surface area contributed by atoms with Crippen molar-refractivity contribution in [3.05, 3.63) is 41.9 Å². The van der Waals surface area contributed by atoms with Gasteiger partial charge in [-0.2, -0.15) is 0 Å². The lowest BCUT2D eigenvalue weighted by molar-refractivity contribution is -0.134. The van der Waals surface area contributed by atoms with Crippen LogP contribution in [-0.4, -0.2) is 22.0 Å². The van der Waals surface area contributed by atoms with Crippen LogP contribution in [-0.2, 0) is 16.0 Å². The van der Waals surface area contributed by atoms with Gasteiger partial charge in [-0.05, 0) is 24.1 Å². The molecule has 5 heteroatoms. The average molecular weight is 220 g/mol. The summed E-state index contributed by atoms with van der Waals surface area (Å²) in [5.74, 6) is -1.56. The number of hydrogen-bond acceptors (Lipinski definition) is 3. The van der Waals surface area contributed by atoms with Crippen molar-refractivity contribution < 1.29 is 14.7 Å². The zero-order valence-electron chi connectivity index (χ0n) is 8.80. The van der Waals surface area contributed by atoms with Crippen molar-refractivity contribution in [2.45, 2.75) is 13.3 Å². The zero-order chi connectivity index (χ0) is 12.0. The van der Waals surface area contributed by atoms with Crippen LogP contribution in [0.1, 0.15) is 12.5 Å². The Balaban J connectivity index is 2.72. The lowest BCUT2D eigenvalue weighted by Crippen LogP contribution is -2.24. The highest BCUT2D eigenvalue weighted by Gasteiger charge is 2.07. The van der Waals surface area contributed by atoms with E-state index in [1.807, 2.05) is 6.07 Å². The van der Waals surface area contributed by atoms with E-state index in [2.05, 4.69) is 10.3 Å². The van der Waals surface area contributed by atoms with Crippen molar-refractivity contribution >= 4 is 11.9 Å². The van der Waals surface area contributed by atoms with E-state index < -0.39 is 11.9 Å². The fraction of sp³-hybridized carbons (Fsp3) is 0.182. The van der Waals surface area contributed by atoms with Gasteiger partial charge in [0.15, 0.2) is 0 Å². The SMILES string of the molecule is CC(=O)N/C(=C/Cc1cccnc1)C(=O)O. The standard InChI is InChI=1S/C11H12N2O3/c1-8(14)13-10(11(15)16)5-4-9-3-2-6-12-7-9/h2-3,5-7H,4H2,1H3,(H,13,14)(H,15,16)/b10-5+. The molecule has 1 heterocycles. The number of nitrogens with one attached hydrogen (secondary N) is 1. The quantitative estimate of drug-likeness (QED) is 0.733. The van der Waals surface area contributed by atoms with Crippen molar-refractivity contribution in [3.8, 4) is 0 Å². The molecule has 0 aliphatic rings. The summed E-state index contributed by atoms with van der Waals surface area (Å²) in [6.07, 6.45) is 5.14. The molecular formula is C11H12N2O3. The molecule has 0 bridgehead atoms. The fourth-order valence-corrected chi connectivity index (χ4v) is 1.12. The minimum Gasteiger partial charge on any atom is -0.477 e. The maximum Gasteiger partial charge on any atom is 0.352 e. The molecule has 84 valence electrons. The first-order valence-corrected chi connectivity index (χ1v) is 4.69. The number of carboxylic acid groups (broad SMARTS) is 1. The maximum atomic E-state index is 10.8. The molecule has 5 nitrogen and oxygen atoms in total. The third kappa shape index (κ3) is 3.91. The van der Waals surface area contributed by atoms with Crippen LogP contribution in [0.25, 0.3) is 0 Å². The lowest BCUT2D eigenvalue weighted by atomic mass is 10.2. The minimum atomic E-state index is -1.15. The normalized spacial score (nSPS) is 10.9. The van der Waals surface area contributed by atoms with Crippen molar-refractivity contribution in [1.29, 1.82) is 0 Å². The number of allylic oxidation sites excluding steroid dienone is 1. The van der Waals surface area contributed by atoms with Gasteiger partial charge in [-0.25, -0.2) is 4.79 Å². The molecule has 0 spiro atoms. The number of hydrogen-bond donors (Lipinski definition) is 2. The molecule has 0 fully saturated rings. The number of carbonyl (C=O) groups is 2. The molecule has 1 amide bonds. The molecule has 2 N–H and O–H groups in total. The third-order valence-corrected chi connectivity index (χ3v) is 1.81. The Kier molecular flexibility index (Phi) is 4.20. The highest BCUT2D eigenvalue weighted by Crippen LogP contribution is 2.00. The summed E-state index contributed by atoms with van der Waals surface area (Å²) in [7, 11) is 0. The smallest absolute Gasteiger partial charge is 0.352 e. The monoisotopic (exact) mass is 220 g/mol. The first kappa shape index (κ1) is 11.9. The van der Waals surface area contributed by atoms with E-state index in [1.165, 1.54) is 13.0 Å². The molecule has 0 unspecified atom stereocenters. The highest BCUT2D eigenvalue weighted by atomic mass is 16.4. The number of pyridine rings is 1. The summed E-state index contributed by atoms with van der Waals surface area (Å²) < 4.78 is 0. The van der Waals surface area contributed by atoms with E-state index in [0.717, 1.165) is 5.56 Å². The van der Waals surface area contributed by atoms with E-state index in [1.54, 1.807) is 18.5 Å². The summed E-state index contributed by atoms with van der Waals surface area (Å²) in [4.78, 5) is 25.4. The van der Waals surface area contributed by atoms with Crippen LogP contribution in [0.4, 0.5) is 0 Å². The molecule has 1 aromatic rings. The number of aromatic nitrogens is 1. The lowest BCUT2D eigenvalue weighted by Gasteiger charge is -2.02. The number of carbonyl (C=O) groups excluding carboxylic acids is 1. The average Bonchev–Trinajstić information content (AvgIpc) is 2.25. The number of rotatable bonds is 4. The Morgan fingerprint density at radius 1 is 1.56 bits per heavy atom. The molecule has 0 saturated carbocycles. The Hall–Kier alpha value is -2.17. The molecule has 1 aromatic heterocycles. The largest absolute Gasteiger partial charge is 0.477 e. The molecule has 0 aliphatic heterocycles. The molecule has 0 atom stereocenters. The fourth-order valence-electron chi connectivity index (χ4n) is 1.12. The summed E-state index contributed by atoms with van der Waals surface area (Å²) >= 11 is 0. The van der Waals surface area contributed by atoms with Crippen LogP contribution < -0.4 is 5.32 Å². The Labute approximate surface area is 92.8 Å². The van der Waals surface area contributed by atoms with Gasteiger partial charge in [0.05, 0.1) is 0 Å². The van der Waals surface area contributed by atoms with Crippen LogP contribution in [0.5, 0.6) is 0 Å². The van der Waals surface area contributed by atoms with Gasteiger partial charge in [0.1, 0.15) is 5.70 Å². The number of carboxylic acids is 1. The van der Waals surface area contributed by atoms with Gasteiger partial charge in [-0.1, -0.05) is 6.07 Å². The van der Waals surface area contributed by atoms with Crippen LogP contribution in [0, 0.1) is 0 Å². The summed E-state index contributed by atoms with van der Waals surface area (Å²) in [5.41, 5.74) is 0.767. The molecule has 0 saturated heterocycles. The van der Waals surface area contributed by atoms with Gasteiger partial charge in [-0.15, -0.1) is 0 Å². The highest BCUT2D eigenvalue weighted by molar-refractivity contribution is 5.91. The second kappa shape index (κ2) is 5.65. The number of aliphatic carboxylic acids is 1. The van der Waals surface area contributed by atoms with E-state index in [4.69, 9.17) is 5.11 Å². The molecule has 0 aliphatic carbocycles. The second-order valence-corrected chi connectivity index (χ2v) is 3.17. The number of nitrogens with zero attached hydrogens (tertiary/aromatic N) is 1. The predicted molar refractivity (Wildman–Crippen MR) is 57.5 cm³/mol. The summed E-state index contributed by atoms with van der Waals surface area (Å²) in [6.45, 7) is 1.26. The van der Waals surface area contributed by atoms with Gasteiger partial charge in [0.25, 0.3) is 0 Å². The first-order valence-electron chi connectivity index (χ1n) is 4.69. The summed E-state index contributed by atoms with van der Waals surface area (Å²) in [6, 6.07) is 3.60. The van der Waals surface area contributed by atoms with E-state index in [9.17, 15) is 9.59 Å². The second-order valence-electron chi connectivity index (χ2n) is 3.17. The van der Waals surface area contributed by atoms with Crippen LogP contribution >= 0.6 is 0 Å². The van der Waals surface area contributed by atoms with Crippen molar-refractivity contribution in [2.24, 2.45) is 0 Å². The molecule has 1 rings (SSSR count). The Morgan fingerprint density at radius 2 is 2.31 bits per heavy atom. The van der Waals surface area contributed by atoms with E-state index in [-0.39, 0.29) is 5.70 Å². The van der Waals surface area contributed by atoms with Crippen molar-refractivity contribution in [3.63, 3.8) is 0 Å². The third-order valence-electron chi connectivity index (χ3n) is 1.81. The summed E-state index contributed by atoms with van der Waals surface area (Å²) in [5, 5.41) is 11.1. The van der Waals surface area contributed by atoms with Crippen LogP contribution in [0.2, 0.25) is 0 Å². The van der Waals surface area contributed by atoms with Gasteiger partial charge in [0, 0.05) is 19.3 Å². The van der Waals surface area contributed by atoms with Gasteiger partial charge < -0.3 is 10.4 Å². The van der Waals surface area contributed by atoms with Gasteiger partial charge in [-0.3, -0.25) is 9.78 Å². The molecule has 0 radical (unpaired) electrons. The van der Waals surface area contributed by atoms with Crippen LogP contribution in [0.15, 0.2) is 36.3 Å². The van der Waals surface area contributed by atoms with Gasteiger partial charge >= 0.3 is 5.97 Å². The van der Waals surface area contributed by atoms with E-state index >= 15 is 0 Å². The predicted octanol–water partition coefficient (Wildman–Crippen LogP) is 0.729. The molecular weight excluding hydrogens is 208 g/mol. The maximum absolute atomic E-state index is 10.8. The van der Waals surface area contributed by atoms with Gasteiger partial charge in [0.2, 0.25) is 5.91 Å². The first-order chi connectivity index (χ1) is 7.59. The topological polar surface area (TPSA) is 79.3 Å². The molecule has 16 heavy (non-hydrogen) atoms.